The first-order valence-corrected chi connectivity index (χ1v) is 10.4. The Morgan fingerprint density at radius 2 is 1.77 bits per heavy atom. The van der Waals surface area contributed by atoms with Crippen LogP contribution in [0.25, 0.3) is 10.9 Å². The van der Waals surface area contributed by atoms with Crippen molar-refractivity contribution in [1.82, 2.24) is 24.8 Å². The van der Waals surface area contributed by atoms with Crippen molar-refractivity contribution in [2.45, 2.75) is 25.3 Å². The van der Waals surface area contributed by atoms with Crippen LogP contribution in [0.2, 0.25) is 0 Å². The van der Waals surface area contributed by atoms with E-state index in [4.69, 9.17) is 4.98 Å². The Morgan fingerprint density at radius 3 is 2.63 bits per heavy atom. The van der Waals surface area contributed by atoms with Crippen molar-refractivity contribution in [3.63, 3.8) is 0 Å². The van der Waals surface area contributed by atoms with Gasteiger partial charge in [-0.25, -0.2) is 9.97 Å². The van der Waals surface area contributed by atoms with Crippen molar-refractivity contribution in [1.29, 1.82) is 0 Å². The standard InChI is InChI=1S/C24H24N6/c1-4-19(20-5-3-11-26-22(20)7-1)17-30-14-9-18(10-15-30)21-6-2-8-23(28-21)29-24-16-25-12-13-27-24/h1-8,11-13,16,18H,9-10,14-15,17H2,(H,27,28,29). The molecule has 1 saturated heterocycles. The van der Waals surface area contributed by atoms with E-state index in [0.29, 0.717) is 11.7 Å². The van der Waals surface area contributed by atoms with E-state index in [-0.39, 0.29) is 0 Å². The lowest BCUT2D eigenvalue weighted by molar-refractivity contribution is 0.204. The molecule has 1 fully saturated rings. The van der Waals surface area contributed by atoms with Crippen molar-refractivity contribution in [2.24, 2.45) is 0 Å². The van der Waals surface area contributed by atoms with Crippen LogP contribution in [0.15, 0.2) is 73.3 Å². The molecule has 0 bridgehead atoms. The molecule has 0 radical (unpaired) electrons. The highest BCUT2D eigenvalue weighted by atomic mass is 15.1. The van der Waals surface area contributed by atoms with E-state index in [0.717, 1.165) is 49.5 Å². The average Bonchev–Trinajstić information content (AvgIpc) is 2.81. The summed E-state index contributed by atoms with van der Waals surface area (Å²) >= 11 is 0. The number of benzene rings is 1. The van der Waals surface area contributed by atoms with E-state index < -0.39 is 0 Å². The Hall–Kier alpha value is -3.38. The van der Waals surface area contributed by atoms with Gasteiger partial charge in [-0.1, -0.05) is 24.3 Å². The minimum atomic E-state index is 0.485. The normalized spacial score (nSPS) is 15.3. The number of rotatable bonds is 5. The summed E-state index contributed by atoms with van der Waals surface area (Å²) in [4.78, 5) is 20.2. The summed E-state index contributed by atoms with van der Waals surface area (Å²) in [5.41, 5.74) is 3.58. The number of nitrogens with zero attached hydrogens (tertiary/aromatic N) is 5. The number of likely N-dealkylation sites (tertiary alicyclic amines) is 1. The van der Waals surface area contributed by atoms with Gasteiger partial charge in [0.1, 0.15) is 11.6 Å². The molecule has 3 aromatic heterocycles. The van der Waals surface area contributed by atoms with Gasteiger partial charge in [0.2, 0.25) is 0 Å². The Balaban J connectivity index is 1.23. The van der Waals surface area contributed by atoms with Crippen LogP contribution >= 0.6 is 0 Å². The van der Waals surface area contributed by atoms with Crippen molar-refractivity contribution < 1.29 is 0 Å². The SMILES string of the molecule is c1cc(Nc2cnccn2)nc(C2CCN(Cc3cccc4ncccc34)CC2)c1. The van der Waals surface area contributed by atoms with Crippen LogP contribution in [0.5, 0.6) is 0 Å². The van der Waals surface area contributed by atoms with E-state index in [2.05, 4.69) is 61.6 Å². The average molecular weight is 396 g/mol. The van der Waals surface area contributed by atoms with Crippen LogP contribution in [-0.2, 0) is 6.54 Å². The fraction of sp³-hybridized carbons (Fsp3) is 0.250. The second-order valence-corrected chi connectivity index (χ2v) is 7.70. The molecule has 1 aliphatic rings. The topological polar surface area (TPSA) is 66.8 Å². The molecule has 0 saturated carbocycles. The molecule has 150 valence electrons. The molecular formula is C24H24N6. The lowest BCUT2D eigenvalue weighted by atomic mass is 9.92. The molecule has 4 heterocycles. The molecule has 1 aromatic carbocycles. The molecule has 6 nitrogen and oxygen atoms in total. The van der Waals surface area contributed by atoms with Crippen LogP contribution in [0, 0.1) is 0 Å². The minimum absolute atomic E-state index is 0.485. The van der Waals surface area contributed by atoms with E-state index >= 15 is 0 Å². The first kappa shape index (κ1) is 18.6. The van der Waals surface area contributed by atoms with Crippen LogP contribution in [-0.4, -0.2) is 37.9 Å². The van der Waals surface area contributed by atoms with Gasteiger partial charge in [0, 0.05) is 42.1 Å². The molecule has 5 rings (SSSR count). The largest absolute Gasteiger partial charge is 0.324 e. The Morgan fingerprint density at radius 1 is 0.867 bits per heavy atom. The summed E-state index contributed by atoms with van der Waals surface area (Å²) in [7, 11) is 0. The first-order chi connectivity index (χ1) is 14.8. The number of fused-ring (bicyclic) bond motifs is 1. The Kier molecular flexibility index (Phi) is 5.31. The zero-order chi connectivity index (χ0) is 20.2. The lowest BCUT2D eigenvalue weighted by Crippen LogP contribution is -2.32. The summed E-state index contributed by atoms with van der Waals surface area (Å²) < 4.78 is 0. The van der Waals surface area contributed by atoms with E-state index in [1.807, 2.05) is 18.3 Å². The fourth-order valence-corrected chi connectivity index (χ4v) is 4.18. The second-order valence-electron chi connectivity index (χ2n) is 7.70. The second kappa shape index (κ2) is 8.55. The van der Waals surface area contributed by atoms with Gasteiger partial charge in [0.15, 0.2) is 0 Å². The van der Waals surface area contributed by atoms with E-state index in [9.17, 15) is 0 Å². The zero-order valence-electron chi connectivity index (χ0n) is 16.8. The monoisotopic (exact) mass is 396 g/mol. The molecule has 0 atom stereocenters. The maximum absolute atomic E-state index is 4.84. The van der Waals surface area contributed by atoms with E-state index in [1.165, 1.54) is 10.9 Å². The van der Waals surface area contributed by atoms with Crippen molar-refractivity contribution in [3.05, 3.63) is 84.6 Å². The van der Waals surface area contributed by atoms with Crippen LogP contribution < -0.4 is 5.32 Å². The first-order valence-electron chi connectivity index (χ1n) is 10.4. The minimum Gasteiger partial charge on any atom is -0.324 e. The van der Waals surface area contributed by atoms with Gasteiger partial charge in [-0.05, 0) is 55.8 Å². The molecule has 4 aromatic rings. The molecule has 0 unspecified atom stereocenters. The van der Waals surface area contributed by atoms with E-state index in [1.54, 1.807) is 18.6 Å². The van der Waals surface area contributed by atoms with Crippen LogP contribution in [0.1, 0.15) is 30.0 Å². The molecule has 0 amide bonds. The maximum Gasteiger partial charge on any atom is 0.150 e. The van der Waals surface area contributed by atoms with Gasteiger partial charge in [-0.15, -0.1) is 0 Å². The third kappa shape index (κ3) is 4.14. The number of hydrogen-bond donors (Lipinski definition) is 1. The molecule has 1 N–H and O–H groups in total. The molecular weight excluding hydrogens is 372 g/mol. The molecule has 0 spiro atoms. The third-order valence-electron chi connectivity index (χ3n) is 5.73. The number of nitrogens with one attached hydrogen (secondary N) is 1. The van der Waals surface area contributed by atoms with Crippen molar-refractivity contribution in [2.75, 3.05) is 18.4 Å². The lowest BCUT2D eigenvalue weighted by Gasteiger charge is -2.32. The van der Waals surface area contributed by atoms with Gasteiger partial charge < -0.3 is 5.32 Å². The van der Waals surface area contributed by atoms with Gasteiger partial charge >= 0.3 is 0 Å². The number of pyridine rings is 2. The maximum atomic E-state index is 4.84. The van der Waals surface area contributed by atoms with Gasteiger partial charge in [0.05, 0.1) is 11.7 Å². The smallest absolute Gasteiger partial charge is 0.150 e. The Bertz CT molecular complexity index is 1120. The molecule has 6 heteroatoms. The third-order valence-corrected chi connectivity index (χ3v) is 5.73. The summed E-state index contributed by atoms with van der Waals surface area (Å²) in [5.74, 6) is 2.01. The highest BCUT2D eigenvalue weighted by Gasteiger charge is 2.22. The van der Waals surface area contributed by atoms with Crippen molar-refractivity contribution >= 4 is 22.5 Å². The number of aromatic nitrogens is 4. The molecule has 1 aliphatic heterocycles. The zero-order valence-corrected chi connectivity index (χ0v) is 16.8. The summed E-state index contributed by atoms with van der Waals surface area (Å²) in [6, 6.07) is 16.8. The summed E-state index contributed by atoms with van der Waals surface area (Å²) in [5, 5.41) is 4.50. The number of piperidine rings is 1. The van der Waals surface area contributed by atoms with Crippen LogP contribution in [0.3, 0.4) is 0 Å². The summed E-state index contributed by atoms with van der Waals surface area (Å²) in [6.45, 7) is 3.12. The van der Waals surface area contributed by atoms with Gasteiger partial charge in [-0.2, -0.15) is 0 Å². The predicted octanol–water partition coefficient (Wildman–Crippen LogP) is 4.54. The van der Waals surface area contributed by atoms with Crippen LogP contribution in [0.4, 0.5) is 11.6 Å². The number of anilines is 2. The molecule has 30 heavy (non-hydrogen) atoms. The quantitative estimate of drug-likeness (QED) is 0.534. The van der Waals surface area contributed by atoms with Gasteiger partial charge in [-0.3, -0.25) is 14.9 Å². The predicted molar refractivity (Wildman–Crippen MR) is 119 cm³/mol. The highest BCUT2D eigenvalue weighted by Crippen LogP contribution is 2.29. The fourth-order valence-electron chi connectivity index (χ4n) is 4.18. The molecule has 0 aliphatic carbocycles. The number of hydrogen-bond acceptors (Lipinski definition) is 6. The summed E-state index contributed by atoms with van der Waals surface area (Å²) in [6.07, 6.45) is 9.13. The highest BCUT2D eigenvalue weighted by molar-refractivity contribution is 5.81. The van der Waals surface area contributed by atoms with Gasteiger partial charge in [0.25, 0.3) is 0 Å². The van der Waals surface area contributed by atoms with Crippen molar-refractivity contribution in [3.8, 4) is 0 Å². The Labute approximate surface area is 176 Å².